The molecular formula is C12H22OS2. The number of thiocarbonyl (C=S) groups is 1. The first-order valence-electron chi connectivity index (χ1n) is 6.07. The normalized spacial score (nSPS) is 20.9. The molecule has 0 heterocycles. The first kappa shape index (κ1) is 13.3. The molecule has 1 aliphatic carbocycles. The molecule has 0 aromatic heterocycles. The highest BCUT2D eigenvalue weighted by Crippen LogP contribution is 2.20. The van der Waals surface area contributed by atoms with Crippen LogP contribution < -0.4 is 0 Å². The van der Waals surface area contributed by atoms with Gasteiger partial charge in [-0.05, 0) is 44.2 Å². The van der Waals surface area contributed by atoms with Crippen molar-refractivity contribution in [2.75, 3.05) is 6.26 Å². The molecule has 1 fully saturated rings. The fourth-order valence-electron chi connectivity index (χ4n) is 2.07. The molecule has 0 amide bonds. The van der Waals surface area contributed by atoms with Crippen molar-refractivity contribution >= 4 is 28.4 Å². The van der Waals surface area contributed by atoms with E-state index in [1.54, 1.807) is 11.8 Å². The average molecular weight is 246 g/mol. The van der Waals surface area contributed by atoms with Crippen LogP contribution in [0, 0.1) is 0 Å². The van der Waals surface area contributed by atoms with E-state index in [4.69, 9.17) is 17.0 Å². The molecule has 1 nitrogen and oxygen atoms in total. The predicted octanol–water partition coefficient (Wildman–Crippen LogP) is 4.54. The van der Waals surface area contributed by atoms with Crippen molar-refractivity contribution in [1.82, 2.24) is 0 Å². The zero-order valence-electron chi connectivity index (χ0n) is 9.67. The van der Waals surface area contributed by atoms with Gasteiger partial charge in [0.25, 0.3) is 0 Å². The maximum Gasteiger partial charge on any atom is 0.219 e. The van der Waals surface area contributed by atoms with E-state index < -0.39 is 0 Å². The predicted molar refractivity (Wildman–Crippen MR) is 72.5 cm³/mol. The molecule has 0 bridgehead atoms. The van der Waals surface area contributed by atoms with Crippen LogP contribution in [-0.2, 0) is 4.74 Å². The Morgan fingerprint density at radius 3 is 1.93 bits per heavy atom. The largest absolute Gasteiger partial charge is 0.475 e. The van der Waals surface area contributed by atoms with Crippen LogP contribution in [0.1, 0.15) is 57.8 Å². The summed E-state index contributed by atoms with van der Waals surface area (Å²) in [6.45, 7) is 0. The molecular weight excluding hydrogens is 224 g/mol. The van der Waals surface area contributed by atoms with E-state index in [-0.39, 0.29) is 0 Å². The highest BCUT2D eigenvalue weighted by molar-refractivity contribution is 8.22. The Balaban J connectivity index is 2.28. The van der Waals surface area contributed by atoms with Crippen molar-refractivity contribution in [3.63, 3.8) is 0 Å². The minimum Gasteiger partial charge on any atom is -0.475 e. The first-order chi connectivity index (χ1) is 7.33. The third-order valence-corrected chi connectivity index (χ3v) is 4.01. The summed E-state index contributed by atoms with van der Waals surface area (Å²) in [5, 5.41) is 0. The number of ether oxygens (including phenoxy) is 1. The Bertz CT molecular complexity index is 172. The number of hydrogen-bond acceptors (Lipinski definition) is 3. The third kappa shape index (κ3) is 6.41. The van der Waals surface area contributed by atoms with Crippen LogP contribution in [0.3, 0.4) is 0 Å². The molecule has 0 aliphatic heterocycles. The molecule has 1 saturated carbocycles. The van der Waals surface area contributed by atoms with E-state index >= 15 is 0 Å². The molecule has 1 aliphatic rings. The van der Waals surface area contributed by atoms with Crippen LogP contribution in [0.5, 0.6) is 0 Å². The van der Waals surface area contributed by atoms with Crippen molar-refractivity contribution in [3.05, 3.63) is 0 Å². The Labute approximate surface area is 103 Å². The Hall–Kier alpha value is 0.240. The second kappa shape index (κ2) is 8.40. The lowest BCUT2D eigenvalue weighted by molar-refractivity contribution is 0.169. The van der Waals surface area contributed by atoms with Crippen LogP contribution in [0.4, 0.5) is 0 Å². The lowest BCUT2D eigenvalue weighted by atomic mass is 9.99. The zero-order valence-corrected chi connectivity index (χ0v) is 11.3. The fourth-order valence-corrected chi connectivity index (χ4v) is 2.44. The van der Waals surface area contributed by atoms with Crippen LogP contribution >= 0.6 is 24.0 Å². The first-order valence-corrected chi connectivity index (χ1v) is 7.71. The number of hydrogen-bond donors (Lipinski definition) is 0. The summed E-state index contributed by atoms with van der Waals surface area (Å²) in [5.41, 5.74) is 0. The summed E-state index contributed by atoms with van der Waals surface area (Å²) < 4.78 is 6.49. The number of thioether (sulfide) groups is 1. The lowest BCUT2D eigenvalue weighted by Gasteiger charge is -2.19. The maximum absolute atomic E-state index is 5.77. The van der Waals surface area contributed by atoms with Crippen molar-refractivity contribution in [2.45, 2.75) is 63.9 Å². The molecule has 0 aromatic rings. The van der Waals surface area contributed by atoms with Crippen molar-refractivity contribution in [3.8, 4) is 0 Å². The van der Waals surface area contributed by atoms with E-state index in [0.29, 0.717) is 6.10 Å². The van der Waals surface area contributed by atoms with Crippen LogP contribution in [0.2, 0.25) is 0 Å². The lowest BCUT2D eigenvalue weighted by Crippen LogP contribution is -2.15. The van der Waals surface area contributed by atoms with Gasteiger partial charge in [-0.25, -0.2) is 0 Å². The van der Waals surface area contributed by atoms with Gasteiger partial charge in [0.15, 0.2) is 0 Å². The molecule has 88 valence electrons. The minimum absolute atomic E-state index is 0.392. The molecule has 0 radical (unpaired) electrons. The second-order valence-electron chi connectivity index (χ2n) is 4.25. The molecule has 15 heavy (non-hydrogen) atoms. The molecule has 0 atom stereocenters. The second-order valence-corrected chi connectivity index (χ2v) is 5.65. The molecule has 0 spiro atoms. The molecule has 0 N–H and O–H groups in total. The summed E-state index contributed by atoms with van der Waals surface area (Å²) in [7, 11) is 0. The van der Waals surface area contributed by atoms with Crippen molar-refractivity contribution in [1.29, 1.82) is 0 Å². The highest BCUT2D eigenvalue weighted by Gasteiger charge is 2.12. The summed E-state index contributed by atoms with van der Waals surface area (Å²) >= 11 is 6.66. The van der Waals surface area contributed by atoms with E-state index in [2.05, 4.69) is 0 Å². The summed E-state index contributed by atoms with van der Waals surface area (Å²) in [5.74, 6) is 0. The van der Waals surface area contributed by atoms with Gasteiger partial charge in [-0.3, -0.25) is 0 Å². The number of rotatable bonds is 1. The van der Waals surface area contributed by atoms with Gasteiger partial charge >= 0.3 is 0 Å². The fraction of sp³-hybridized carbons (Fsp3) is 0.917. The Morgan fingerprint density at radius 2 is 1.47 bits per heavy atom. The van der Waals surface area contributed by atoms with Crippen LogP contribution in [0.15, 0.2) is 0 Å². The zero-order chi connectivity index (χ0) is 10.9. The molecule has 0 unspecified atom stereocenters. The molecule has 3 heteroatoms. The van der Waals surface area contributed by atoms with Gasteiger partial charge in [0, 0.05) is 0 Å². The Kier molecular flexibility index (Phi) is 7.45. The quantitative estimate of drug-likeness (QED) is 0.628. The molecule has 0 aromatic carbocycles. The van der Waals surface area contributed by atoms with Gasteiger partial charge in [0.2, 0.25) is 4.38 Å². The van der Waals surface area contributed by atoms with E-state index in [9.17, 15) is 0 Å². The summed E-state index contributed by atoms with van der Waals surface area (Å²) in [6, 6.07) is 0. The van der Waals surface area contributed by atoms with Gasteiger partial charge in [-0.1, -0.05) is 43.9 Å². The summed E-state index contributed by atoms with van der Waals surface area (Å²) in [4.78, 5) is 0. The Morgan fingerprint density at radius 1 is 1.00 bits per heavy atom. The van der Waals surface area contributed by atoms with E-state index in [1.165, 1.54) is 57.8 Å². The smallest absolute Gasteiger partial charge is 0.219 e. The highest BCUT2D eigenvalue weighted by atomic mass is 32.2. The third-order valence-electron chi connectivity index (χ3n) is 2.98. The molecule has 1 rings (SSSR count). The topological polar surface area (TPSA) is 9.23 Å². The van der Waals surface area contributed by atoms with Gasteiger partial charge in [-0.2, -0.15) is 0 Å². The van der Waals surface area contributed by atoms with Crippen molar-refractivity contribution < 1.29 is 4.74 Å². The minimum atomic E-state index is 0.392. The van der Waals surface area contributed by atoms with Gasteiger partial charge < -0.3 is 4.74 Å². The van der Waals surface area contributed by atoms with Gasteiger partial charge in [-0.15, -0.1) is 0 Å². The van der Waals surface area contributed by atoms with Gasteiger partial charge in [0.05, 0.1) is 0 Å². The van der Waals surface area contributed by atoms with E-state index in [1.807, 2.05) is 6.26 Å². The monoisotopic (exact) mass is 246 g/mol. The van der Waals surface area contributed by atoms with Crippen LogP contribution in [0.25, 0.3) is 0 Å². The molecule has 0 saturated heterocycles. The average Bonchev–Trinajstić information content (AvgIpc) is 2.27. The van der Waals surface area contributed by atoms with E-state index in [0.717, 1.165) is 4.38 Å². The van der Waals surface area contributed by atoms with Crippen LogP contribution in [-0.4, -0.2) is 16.7 Å². The maximum atomic E-state index is 5.77. The SMILES string of the molecule is CSC(=S)OC1CCCCCCCCC1. The van der Waals surface area contributed by atoms with Gasteiger partial charge in [0.1, 0.15) is 6.10 Å². The standard InChI is InChI=1S/C12H22OS2/c1-15-12(14)13-11-9-7-5-3-2-4-6-8-10-11/h11H,2-10H2,1H3. The summed E-state index contributed by atoms with van der Waals surface area (Å²) in [6.07, 6.45) is 14.3. The van der Waals surface area contributed by atoms with Crippen molar-refractivity contribution in [2.24, 2.45) is 0 Å².